The Morgan fingerprint density at radius 3 is 3.00 bits per heavy atom. The normalized spacial score (nSPS) is 9.94. The number of rotatable bonds is 3. The van der Waals surface area contributed by atoms with E-state index in [1.807, 2.05) is 19.1 Å². The van der Waals surface area contributed by atoms with Gasteiger partial charge in [0.2, 0.25) is 0 Å². The summed E-state index contributed by atoms with van der Waals surface area (Å²) in [7, 11) is 0. The third-order valence-electron chi connectivity index (χ3n) is 2.39. The minimum atomic E-state index is 0.540. The summed E-state index contributed by atoms with van der Waals surface area (Å²) in [6.07, 6.45) is 1.42. The van der Waals surface area contributed by atoms with Crippen molar-refractivity contribution in [3.8, 4) is 6.07 Å². The Labute approximate surface area is 107 Å². The van der Waals surface area contributed by atoms with Crippen LogP contribution >= 0.6 is 15.9 Å². The average Bonchev–Trinajstić information content (AvgIpc) is 2.73. The zero-order chi connectivity index (χ0) is 12.3. The first-order valence-electron chi connectivity index (χ1n) is 5.03. The van der Waals surface area contributed by atoms with E-state index in [9.17, 15) is 0 Å². The zero-order valence-corrected chi connectivity index (χ0v) is 10.8. The topological polar surface area (TPSA) is 61.9 Å². The van der Waals surface area contributed by atoms with Gasteiger partial charge < -0.3 is 9.73 Å². The molecule has 86 valence electrons. The largest absolute Gasteiger partial charge is 0.448 e. The van der Waals surface area contributed by atoms with Crippen LogP contribution in [0.25, 0.3) is 0 Å². The van der Waals surface area contributed by atoms with Crippen molar-refractivity contribution >= 4 is 21.6 Å². The smallest absolute Gasteiger partial charge is 0.181 e. The third kappa shape index (κ3) is 2.66. The number of hydrogen-bond acceptors (Lipinski definition) is 4. The van der Waals surface area contributed by atoms with Crippen molar-refractivity contribution in [2.45, 2.75) is 13.5 Å². The molecule has 0 radical (unpaired) electrons. The highest BCUT2D eigenvalue weighted by Crippen LogP contribution is 2.21. The van der Waals surface area contributed by atoms with E-state index in [1.54, 1.807) is 6.07 Å². The lowest BCUT2D eigenvalue weighted by molar-refractivity contribution is 0.524. The van der Waals surface area contributed by atoms with Gasteiger partial charge in [-0.05, 0) is 25.1 Å². The Morgan fingerprint density at radius 1 is 1.53 bits per heavy atom. The monoisotopic (exact) mass is 291 g/mol. The van der Waals surface area contributed by atoms with Crippen molar-refractivity contribution in [2.75, 3.05) is 5.32 Å². The van der Waals surface area contributed by atoms with Gasteiger partial charge in [-0.2, -0.15) is 5.26 Å². The fourth-order valence-corrected chi connectivity index (χ4v) is 1.80. The SMILES string of the molecule is Cc1ocnc1CNc1ccc(Br)cc1C#N. The molecule has 1 aromatic heterocycles. The summed E-state index contributed by atoms with van der Waals surface area (Å²) < 4.78 is 5.99. The van der Waals surface area contributed by atoms with Gasteiger partial charge in [0.15, 0.2) is 6.39 Å². The molecule has 0 spiro atoms. The number of aromatic nitrogens is 1. The first-order valence-corrected chi connectivity index (χ1v) is 5.82. The Balaban J connectivity index is 2.15. The number of nitrogens with zero attached hydrogens (tertiary/aromatic N) is 2. The summed E-state index contributed by atoms with van der Waals surface area (Å²) in [6, 6.07) is 7.67. The molecule has 2 rings (SSSR count). The molecule has 0 amide bonds. The van der Waals surface area contributed by atoms with Crippen LogP contribution in [-0.2, 0) is 6.54 Å². The number of aryl methyl sites for hydroxylation is 1. The highest BCUT2D eigenvalue weighted by Gasteiger charge is 2.05. The molecule has 1 heterocycles. The molecule has 5 heteroatoms. The molecule has 17 heavy (non-hydrogen) atoms. The molecule has 0 atom stereocenters. The standard InChI is InChI=1S/C12H10BrN3O/c1-8-12(16-7-17-8)6-15-11-3-2-10(13)4-9(11)5-14/h2-4,7,15H,6H2,1H3. The maximum Gasteiger partial charge on any atom is 0.181 e. The molecule has 0 fully saturated rings. The van der Waals surface area contributed by atoms with Crippen LogP contribution in [0.4, 0.5) is 5.69 Å². The first-order chi connectivity index (χ1) is 8.20. The van der Waals surface area contributed by atoms with Gasteiger partial charge in [0.05, 0.1) is 17.8 Å². The van der Waals surface area contributed by atoms with Crippen LogP contribution in [0.15, 0.2) is 33.5 Å². The lowest BCUT2D eigenvalue weighted by Gasteiger charge is -2.07. The van der Waals surface area contributed by atoms with Crippen molar-refractivity contribution in [1.29, 1.82) is 5.26 Å². The van der Waals surface area contributed by atoms with E-state index in [0.29, 0.717) is 12.1 Å². The molecule has 0 unspecified atom stereocenters. The van der Waals surface area contributed by atoms with Gasteiger partial charge in [-0.1, -0.05) is 15.9 Å². The lowest BCUT2D eigenvalue weighted by Crippen LogP contribution is -2.02. The fourth-order valence-electron chi connectivity index (χ4n) is 1.44. The molecule has 1 aromatic carbocycles. The Bertz CT molecular complexity index is 571. The van der Waals surface area contributed by atoms with Crippen LogP contribution in [0, 0.1) is 18.3 Å². The summed E-state index contributed by atoms with van der Waals surface area (Å²) >= 11 is 3.33. The molecular weight excluding hydrogens is 282 g/mol. The lowest BCUT2D eigenvalue weighted by atomic mass is 10.2. The molecule has 0 aliphatic rings. The Kier molecular flexibility index (Phi) is 3.45. The zero-order valence-electron chi connectivity index (χ0n) is 9.20. The van der Waals surface area contributed by atoms with Crippen molar-refractivity contribution in [3.05, 3.63) is 46.1 Å². The van der Waals surface area contributed by atoms with E-state index in [-0.39, 0.29) is 0 Å². The molecule has 0 saturated carbocycles. The summed E-state index contributed by atoms with van der Waals surface area (Å²) in [4.78, 5) is 4.08. The minimum Gasteiger partial charge on any atom is -0.448 e. The predicted molar refractivity (Wildman–Crippen MR) is 67.4 cm³/mol. The van der Waals surface area contributed by atoms with E-state index in [0.717, 1.165) is 21.6 Å². The van der Waals surface area contributed by atoms with Gasteiger partial charge in [-0.15, -0.1) is 0 Å². The van der Waals surface area contributed by atoms with Crippen LogP contribution < -0.4 is 5.32 Å². The number of hydrogen-bond donors (Lipinski definition) is 1. The number of oxazole rings is 1. The molecule has 1 N–H and O–H groups in total. The number of anilines is 1. The summed E-state index contributed by atoms with van der Waals surface area (Å²) in [6.45, 7) is 2.40. The van der Waals surface area contributed by atoms with E-state index < -0.39 is 0 Å². The molecule has 0 saturated heterocycles. The average molecular weight is 292 g/mol. The van der Waals surface area contributed by atoms with Gasteiger partial charge in [-0.3, -0.25) is 0 Å². The second kappa shape index (κ2) is 5.02. The van der Waals surface area contributed by atoms with Crippen LogP contribution in [0.2, 0.25) is 0 Å². The van der Waals surface area contributed by atoms with Gasteiger partial charge in [0, 0.05) is 4.47 Å². The van der Waals surface area contributed by atoms with Crippen molar-refractivity contribution in [1.82, 2.24) is 4.98 Å². The van der Waals surface area contributed by atoms with E-state index in [2.05, 4.69) is 32.3 Å². The quantitative estimate of drug-likeness (QED) is 0.943. The molecule has 2 aromatic rings. The Morgan fingerprint density at radius 2 is 2.35 bits per heavy atom. The summed E-state index contributed by atoms with van der Waals surface area (Å²) in [5, 5.41) is 12.2. The number of benzene rings is 1. The number of halogens is 1. The minimum absolute atomic E-state index is 0.540. The predicted octanol–water partition coefficient (Wildman–Crippen LogP) is 3.23. The summed E-state index contributed by atoms with van der Waals surface area (Å²) in [5.74, 6) is 0.785. The van der Waals surface area contributed by atoms with Crippen molar-refractivity contribution in [2.24, 2.45) is 0 Å². The van der Waals surface area contributed by atoms with E-state index in [1.165, 1.54) is 6.39 Å². The third-order valence-corrected chi connectivity index (χ3v) is 2.89. The molecule has 0 aliphatic carbocycles. The maximum absolute atomic E-state index is 9.01. The molecule has 4 nitrogen and oxygen atoms in total. The van der Waals surface area contributed by atoms with Crippen molar-refractivity contribution < 1.29 is 4.42 Å². The number of nitrogens with one attached hydrogen (secondary N) is 1. The highest BCUT2D eigenvalue weighted by molar-refractivity contribution is 9.10. The van der Waals surface area contributed by atoms with Crippen LogP contribution in [0.3, 0.4) is 0 Å². The molecule has 0 bridgehead atoms. The van der Waals surface area contributed by atoms with Gasteiger partial charge >= 0.3 is 0 Å². The Hall–Kier alpha value is -1.80. The van der Waals surface area contributed by atoms with Crippen LogP contribution in [-0.4, -0.2) is 4.98 Å². The van der Waals surface area contributed by atoms with Gasteiger partial charge in [-0.25, -0.2) is 4.98 Å². The first kappa shape index (κ1) is 11.7. The van der Waals surface area contributed by atoms with Crippen LogP contribution in [0.1, 0.15) is 17.0 Å². The van der Waals surface area contributed by atoms with E-state index >= 15 is 0 Å². The van der Waals surface area contributed by atoms with Crippen molar-refractivity contribution in [3.63, 3.8) is 0 Å². The second-order valence-electron chi connectivity index (χ2n) is 3.51. The maximum atomic E-state index is 9.01. The van der Waals surface area contributed by atoms with Crippen LogP contribution in [0.5, 0.6) is 0 Å². The van der Waals surface area contributed by atoms with Gasteiger partial charge in [0.1, 0.15) is 17.5 Å². The number of nitriles is 1. The van der Waals surface area contributed by atoms with Gasteiger partial charge in [0.25, 0.3) is 0 Å². The highest BCUT2D eigenvalue weighted by atomic mass is 79.9. The second-order valence-corrected chi connectivity index (χ2v) is 4.43. The molecule has 0 aliphatic heterocycles. The summed E-state index contributed by atoms with van der Waals surface area (Å²) in [5.41, 5.74) is 2.23. The molecular formula is C12H10BrN3O. The van der Waals surface area contributed by atoms with E-state index in [4.69, 9.17) is 9.68 Å². The fraction of sp³-hybridized carbons (Fsp3) is 0.167.